The third-order valence-electron chi connectivity index (χ3n) is 7.30. The van der Waals surface area contributed by atoms with Crippen molar-refractivity contribution in [3.8, 4) is 0 Å². The minimum absolute atomic E-state index is 0.0234. The summed E-state index contributed by atoms with van der Waals surface area (Å²) in [4.78, 5) is 31.0. The molecule has 0 aromatic heterocycles. The van der Waals surface area contributed by atoms with Crippen molar-refractivity contribution >= 4 is 11.8 Å². The second-order valence-corrected chi connectivity index (χ2v) is 9.57. The van der Waals surface area contributed by atoms with Gasteiger partial charge in [0.05, 0.1) is 24.3 Å². The van der Waals surface area contributed by atoms with E-state index in [9.17, 15) is 35.9 Å². The van der Waals surface area contributed by atoms with Gasteiger partial charge < -0.3 is 19.4 Å². The van der Waals surface area contributed by atoms with Gasteiger partial charge in [-0.2, -0.15) is 26.3 Å². The van der Waals surface area contributed by atoms with Gasteiger partial charge in [0.25, 0.3) is 5.91 Å². The maximum absolute atomic E-state index is 13.2. The highest BCUT2D eigenvalue weighted by Gasteiger charge is 2.39. The summed E-state index contributed by atoms with van der Waals surface area (Å²) in [5.74, 6) is -0.692. The minimum Gasteiger partial charge on any atom is -0.378 e. The van der Waals surface area contributed by atoms with Crippen molar-refractivity contribution in [2.75, 3.05) is 52.5 Å². The number of hydrogen-bond acceptors (Lipinski definition) is 4. The number of carbonyl (C=O) groups is 2. The van der Waals surface area contributed by atoms with Crippen LogP contribution in [0.4, 0.5) is 26.3 Å². The van der Waals surface area contributed by atoms with Crippen molar-refractivity contribution in [2.45, 2.75) is 44.1 Å². The maximum Gasteiger partial charge on any atom is 0.416 e. The molecule has 0 spiro atoms. The van der Waals surface area contributed by atoms with Crippen LogP contribution in [0.15, 0.2) is 18.2 Å². The molecule has 3 saturated heterocycles. The summed E-state index contributed by atoms with van der Waals surface area (Å²) in [5.41, 5.74) is -3.60. The molecule has 0 N–H and O–H groups in total. The molecule has 4 rings (SSSR count). The summed E-state index contributed by atoms with van der Waals surface area (Å²) >= 11 is 0. The molecule has 12 heteroatoms. The molecular weight excluding hydrogens is 492 g/mol. The third kappa shape index (κ3) is 6.13. The number of piperidine rings is 2. The zero-order valence-electron chi connectivity index (χ0n) is 19.7. The molecular formula is C24H29F6N3O3. The molecule has 1 aromatic carbocycles. The number of amides is 2. The van der Waals surface area contributed by atoms with Crippen molar-refractivity contribution in [2.24, 2.45) is 5.92 Å². The molecule has 0 bridgehead atoms. The molecule has 3 heterocycles. The predicted molar refractivity (Wildman–Crippen MR) is 117 cm³/mol. The fourth-order valence-electron chi connectivity index (χ4n) is 5.25. The smallest absolute Gasteiger partial charge is 0.378 e. The Morgan fingerprint density at radius 2 is 1.25 bits per heavy atom. The molecule has 0 saturated carbocycles. The average Bonchev–Trinajstić information content (AvgIpc) is 2.87. The lowest BCUT2D eigenvalue weighted by Gasteiger charge is -2.42. The fraction of sp³-hybridized carbons (Fsp3) is 0.667. The number of morpholine rings is 1. The summed E-state index contributed by atoms with van der Waals surface area (Å²) in [6.07, 6.45) is -7.39. The van der Waals surface area contributed by atoms with E-state index in [-0.39, 0.29) is 37.0 Å². The van der Waals surface area contributed by atoms with Gasteiger partial charge >= 0.3 is 12.4 Å². The average molecular weight is 522 g/mol. The van der Waals surface area contributed by atoms with E-state index in [1.54, 1.807) is 0 Å². The Morgan fingerprint density at radius 3 is 1.75 bits per heavy atom. The van der Waals surface area contributed by atoms with Crippen LogP contribution in [-0.2, 0) is 21.9 Å². The van der Waals surface area contributed by atoms with Crippen LogP contribution in [0.25, 0.3) is 0 Å². The van der Waals surface area contributed by atoms with Crippen LogP contribution in [-0.4, -0.2) is 85.0 Å². The highest BCUT2D eigenvalue weighted by molar-refractivity contribution is 5.94. The predicted octanol–water partition coefficient (Wildman–Crippen LogP) is 3.90. The number of hydrogen-bond donors (Lipinski definition) is 0. The molecule has 3 aliphatic heterocycles. The van der Waals surface area contributed by atoms with Crippen LogP contribution in [0.3, 0.4) is 0 Å². The summed E-state index contributed by atoms with van der Waals surface area (Å²) in [5, 5.41) is 0. The SMILES string of the molecule is O=C(c1cc(C(F)(F)F)cc(C(F)(F)F)c1)N1CCC(N2CCC(C(=O)N3CCOCC3)CC2)CC1. The van der Waals surface area contributed by atoms with Gasteiger partial charge in [-0.05, 0) is 57.0 Å². The first kappa shape index (κ1) is 26.7. The van der Waals surface area contributed by atoms with Crippen LogP contribution >= 0.6 is 0 Å². The number of benzene rings is 1. The zero-order valence-corrected chi connectivity index (χ0v) is 19.7. The molecule has 0 unspecified atom stereocenters. The number of carbonyl (C=O) groups excluding carboxylic acids is 2. The Bertz CT molecular complexity index is 913. The van der Waals surface area contributed by atoms with Gasteiger partial charge in [-0.3, -0.25) is 9.59 Å². The first-order chi connectivity index (χ1) is 16.9. The maximum atomic E-state index is 13.2. The van der Waals surface area contributed by atoms with Gasteiger partial charge in [0, 0.05) is 43.7 Å². The number of alkyl halides is 6. The van der Waals surface area contributed by atoms with E-state index in [1.165, 1.54) is 4.90 Å². The second-order valence-electron chi connectivity index (χ2n) is 9.57. The van der Waals surface area contributed by atoms with Crippen LogP contribution < -0.4 is 0 Å². The van der Waals surface area contributed by atoms with E-state index in [0.717, 1.165) is 25.9 Å². The van der Waals surface area contributed by atoms with Crippen molar-refractivity contribution in [3.63, 3.8) is 0 Å². The normalized spacial score (nSPS) is 21.6. The molecule has 0 aliphatic carbocycles. The second kappa shape index (κ2) is 10.6. The molecule has 0 radical (unpaired) electrons. The molecule has 6 nitrogen and oxygen atoms in total. The molecule has 200 valence electrons. The fourth-order valence-corrected chi connectivity index (χ4v) is 5.25. The topological polar surface area (TPSA) is 53.1 Å². The lowest BCUT2D eigenvalue weighted by Crippen LogP contribution is -2.51. The van der Waals surface area contributed by atoms with Crippen LogP contribution in [0, 0.1) is 5.92 Å². The Balaban J connectivity index is 1.33. The van der Waals surface area contributed by atoms with Gasteiger partial charge in [0.2, 0.25) is 5.91 Å². The minimum atomic E-state index is -5.00. The Labute approximate surface area is 205 Å². The van der Waals surface area contributed by atoms with Crippen molar-refractivity contribution in [1.82, 2.24) is 14.7 Å². The largest absolute Gasteiger partial charge is 0.416 e. The lowest BCUT2D eigenvalue weighted by atomic mass is 9.92. The Kier molecular flexibility index (Phi) is 7.84. The van der Waals surface area contributed by atoms with Gasteiger partial charge in [-0.25, -0.2) is 0 Å². The summed E-state index contributed by atoms with van der Waals surface area (Å²) in [6.45, 7) is 4.30. The van der Waals surface area contributed by atoms with E-state index in [1.807, 2.05) is 4.90 Å². The van der Waals surface area contributed by atoms with Crippen molar-refractivity contribution in [1.29, 1.82) is 0 Å². The van der Waals surface area contributed by atoms with Gasteiger partial charge in [0.1, 0.15) is 0 Å². The summed E-state index contributed by atoms with van der Waals surface area (Å²) in [7, 11) is 0. The van der Waals surface area contributed by atoms with Crippen LogP contribution in [0.5, 0.6) is 0 Å². The number of rotatable bonds is 3. The van der Waals surface area contributed by atoms with E-state index in [0.29, 0.717) is 51.3 Å². The molecule has 1 aromatic rings. The molecule has 3 aliphatic rings. The quantitative estimate of drug-likeness (QED) is 0.567. The third-order valence-corrected chi connectivity index (χ3v) is 7.30. The monoisotopic (exact) mass is 521 g/mol. The Hall–Kier alpha value is -2.34. The number of ether oxygens (including phenoxy) is 1. The summed E-state index contributed by atoms with van der Waals surface area (Å²) < 4.78 is 84.2. The van der Waals surface area contributed by atoms with E-state index < -0.39 is 35.0 Å². The van der Waals surface area contributed by atoms with Gasteiger partial charge in [-0.1, -0.05) is 0 Å². The standard InChI is InChI=1S/C24H29F6N3O3/c25-23(26,27)18-13-17(14-19(15-18)24(28,29)30)22(35)32-7-3-20(4-8-32)31-5-1-16(2-6-31)21(34)33-9-11-36-12-10-33/h13-16,20H,1-12H2. The molecule has 36 heavy (non-hydrogen) atoms. The van der Waals surface area contributed by atoms with E-state index >= 15 is 0 Å². The first-order valence-electron chi connectivity index (χ1n) is 12.1. The highest BCUT2D eigenvalue weighted by atomic mass is 19.4. The van der Waals surface area contributed by atoms with Gasteiger partial charge in [-0.15, -0.1) is 0 Å². The first-order valence-corrected chi connectivity index (χ1v) is 12.1. The highest BCUT2D eigenvalue weighted by Crippen LogP contribution is 2.37. The van der Waals surface area contributed by atoms with E-state index in [2.05, 4.69) is 4.90 Å². The number of likely N-dealkylation sites (tertiary alicyclic amines) is 2. The number of halogens is 6. The van der Waals surface area contributed by atoms with Gasteiger partial charge in [0.15, 0.2) is 0 Å². The van der Waals surface area contributed by atoms with Crippen molar-refractivity contribution < 1.29 is 40.7 Å². The van der Waals surface area contributed by atoms with E-state index in [4.69, 9.17) is 4.74 Å². The van der Waals surface area contributed by atoms with Crippen LogP contribution in [0.2, 0.25) is 0 Å². The van der Waals surface area contributed by atoms with Crippen LogP contribution in [0.1, 0.15) is 47.2 Å². The summed E-state index contributed by atoms with van der Waals surface area (Å²) in [6, 6.07) is 1.15. The number of nitrogens with zero attached hydrogens (tertiary/aromatic N) is 3. The molecule has 3 fully saturated rings. The van der Waals surface area contributed by atoms with Crippen molar-refractivity contribution in [3.05, 3.63) is 34.9 Å². The molecule has 0 atom stereocenters. The zero-order chi connectivity index (χ0) is 26.1. The Morgan fingerprint density at radius 1 is 0.722 bits per heavy atom. The lowest BCUT2D eigenvalue weighted by molar-refractivity contribution is -0.143. The molecule has 2 amide bonds.